The third-order valence-corrected chi connectivity index (χ3v) is 4.43. The van der Waals surface area contributed by atoms with Crippen LogP contribution in [0.4, 0.5) is 8.78 Å². The Balaban J connectivity index is 1.99. The fourth-order valence-corrected chi connectivity index (χ4v) is 2.75. The van der Waals surface area contributed by atoms with Crippen LogP contribution in [0.5, 0.6) is 5.75 Å². The summed E-state index contributed by atoms with van der Waals surface area (Å²) < 4.78 is 31.9. The van der Waals surface area contributed by atoms with Crippen molar-refractivity contribution in [3.05, 3.63) is 88.9 Å². The van der Waals surface area contributed by atoms with E-state index in [1.54, 1.807) is 19.2 Å². The van der Waals surface area contributed by atoms with Crippen molar-refractivity contribution in [1.29, 1.82) is 0 Å². The molecule has 0 radical (unpaired) electrons. The molecular formula is C22H26F2N4O3. The van der Waals surface area contributed by atoms with Crippen LogP contribution in [0.1, 0.15) is 23.6 Å². The van der Waals surface area contributed by atoms with E-state index in [2.05, 4.69) is 10.6 Å². The van der Waals surface area contributed by atoms with Gasteiger partial charge in [-0.3, -0.25) is 4.79 Å². The van der Waals surface area contributed by atoms with E-state index in [4.69, 9.17) is 16.2 Å². The van der Waals surface area contributed by atoms with Gasteiger partial charge in [-0.1, -0.05) is 12.1 Å². The largest absolute Gasteiger partial charge is 0.497 e. The van der Waals surface area contributed by atoms with Crippen molar-refractivity contribution in [2.75, 3.05) is 13.7 Å². The Morgan fingerprint density at radius 3 is 2.52 bits per heavy atom. The molecule has 31 heavy (non-hydrogen) atoms. The zero-order valence-corrected chi connectivity index (χ0v) is 17.1. The molecule has 2 aromatic carbocycles. The number of methoxy groups -OCH3 is 1. The lowest BCUT2D eigenvalue weighted by molar-refractivity contribution is -0.117. The quantitative estimate of drug-likeness (QED) is 0.289. The van der Waals surface area contributed by atoms with Gasteiger partial charge in [0.2, 0.25) is 0 Å². The Bertz CT molecular complexity index is 946. The molecule has 7 nitrogen and oxygen atoms in total. The fraction of sp³-hybridized carbons (Fsp3) is 0.227. The van der Waals surface area contributed by atoms with Gasteiger partial charge in [-0.25, -0.2) is 8.78 Å². The maximum Gasteiger partial charge on any atom is 0.267 e. The van der Waals surface area contributed by atoms with Gasteiger partial charge in [0.1, 0.15) is 17.4 Å². The van der Waals surface area contributed by atoms with Crippen molar-refractivity contribution >= 4 is 5.91 Å². The summed E-state index contributed by atoms with van der Waals surface area (Å²) in [4.78, 5) is 12.1. The van der Waals surface area contributed by atoms with E-state index in [0.29, 0.717) is 12.2 Å². The lowest BCUT2D eigenvalue weighted by Gasteiger charge is -2.19. The molecule has 0 fully saturated rings. The van der Waals surface area contributed by atoms with E-state index in [-0.39, 0.29) is 36.3 Å². The molecule has 0 heterocycles. The van der Waals surface area contributed by atoms with E-state index in [9.17, 15) is 18.7 Å². The number of nitrogens with two attached hydrogens (primary N) is 2. The average molecular weight is 432 g/mol. The molecule has 0 saturated heterocycles. The molecule has 2 aromatic rings. The number of halogens is 2. The first kappa shape index (κ1) is 23.7. The number of carbonyl (C=O) groups excluding carboxylic acids is 1. The maximum absolute atomic E-state index is 13.6. The van der Waals surface area contributed by atoms with Crippen molar-refractivity contribution in [2.24, 2.45) is 11.5 Å². The van der Waals surface area contributed by atoms with Crippen molar-refractivity contribution in [2.45, 2.75) is 19.0 Å². The first-order valence-corrected chi connectivity index (χ1v) is 9.50. The van der Waals surface area contributed by atoms with Crippen LogP contribution in [-0.2, 0) is 11.3 Å². The Hall–Kier alpha value is -3.59. The van der Waals surface area contributed by atoms with E-state index in [0.717, 1.165) is 23.8 Å². The van der Waals surface area contributed by atoms with E-state index < -0.39 is 17.5 Å². The predicted octanol–water partition coefficient (Wildman–Crippen LogP) is 1.95. The SMILES string of the molecule is COc1ccc(C(CCO)N/C(N)=C/C=C(\N)C(=O)NCc2cc(F)ccc2F)cc1. The summed E-state index contributed by atoms with van der Waals surface area (Å²) in [5.74, 6) is -0.970. The lowest BCUT2D eigenvalue weighted by atomic mass is 10.0. The number of benzene rings is 2. The smallest absolute Gasteiger partial charge is 0.267 e. The van der Waals surface area contributed by atoms with Crippen LogP contribution >= 0.6 is 0 Å². The highest BCUT2D eigenvalue weighted by Gasteiger charge is 2.12. The average Bonchev–Trinajstić information content (AvgIpc) is 2.77. The van der Waals surface area contributed by atoms with Gasteiger partial charge in [-0.2, -0.15) is 0 Å². The van der Waals surface area contributed by atoms with Crippen LogP contribution in [0.25, 0.3) is 0 Å². The molecule has 0 aliphatic heterocycles. The minimum atomic E-state index is -0.658. The second-order valence-electron chi connectivity index (χ2n) is 6.64. The third kappa shape index (κ3) is 7.31. The van der Waals surface area contributed by atoms with Gasteiger partial charge in [0, 0.05) is 18.7 Å². The minimum Gasteiger partial charge on any atom is -0.497 e. The fourth-order valence-electron chi connectivity index (χ4n) is 2.75. The number of hydrogen-bond donors (Lipinski definition) is 5. The van der Waals surface area contributed by atoms with Gasteiger partial charge in [0.15, 0.2) is 0 Å². The van der Waals surface area contributed by atoms with Gasteiger partial charge in [0.25, 0.3) is 5.91 Å². The summed E-state index contributed by atoms with van der Waals surface area (Å²) in [7, 11) is 1.57. The summed E-state index contributed by atoms with van der Waals surface area (Å²) in [6.45, 7) is -0.279. The van der Waals surface area contributed by atoms with E-state index >= 15 is 0 Å². The first-order chi connectivity index (χ1) is 14.8. The molecule has 0 spiro atoms. The summed E-state index contributed by atoms with van der Waals surface area (Å²) in [6, 6.07) is 9.99. The van der Waals surface area contributed by atoms with Crippen LogP contribution in [0, 0.1) is 11.6 Å². The van der Waals surface area contributed by atoms with Gasteiger partial charge < -0.3 is 31.9 Å². The van der Waals surface area contributed by atoms with Crippen LogP contribution in [0.2, 0.25) is 0 Å². The number of allylic oxidation sites excluding steroid dienone is 2. The molecule has 2 rings (SSSR count). The normalized spacial score (nSPS) is 12.9. The number of aliphatic hydroxyl groups is 1. The number of carbonyl (C=O) groups is 1. The number of amides is 1. The molecule has 166 valence electrons. The first-order valence-electron chi connectivity index (χ1n) is 9.50. The van der Waals surface area contributed by atoms with Gasteiger partial charge in [0.05, 0.1) is 24.7 Å². The molecule has 1 amide bonds. The molecule has 0 aromatic heterocycles. The van der Waals surface area contributed by atoms with Gasteiger partial charge in [-0.05, 0) is 54.5 Å². The minimum absolute atomic E-state index is 0.00390. The van der Waals surface area contributed by atoms with Crippen molar-refractivity contribution < 1.29 is 23.4 Å². The highest BCUT2D eigenvalue weighted by Crippen LogP contribution is 2.20. The zero-order chi connectivity index (χ0) is 22.8. The summed E-state index contributed by atoms with van der Waals surface area (Å²) in [5, 5.41) is 14.8. The molecule has 0 bridgehead atoms. The Morgan fingerprint density at radius 1 is 1.16 bits per heavy atom. The molecule has 0 aliphatic carbocycles. The topological polar surface area (TPSA) is 123 Å². The summed E-state index contributed by atoms with van der Waals surface area (Å²) in [6.07, 6.45) is 3.11. The number of ether oxygens (including phenoxy) is 1. The van der Waals surface area contributed by atoms with E-state index in [1.807, 2.05) is 12.1 Å². The lowest BCUT2D eigenvalue weighted by Crippen LogP contribution is -2.29. The number of nitrogens with one attached hydrogen (secondary N) is 2. The van der Waals surface area contributed by atoms with Crippen molar-refractivity contribution in [3.63, 3.8) is 0 Å². The second kappa shape index (κ2) is 11.6. The van der Waals surface area contributed by atoms with Gasteiger partial charge in [-0.15, -0.1) is 0 Å². The van der Waals surface area contributed by atoms with Gasteiger partial charge >= 0.3 is 0 Å². The molecular weight excluding hydrogens is 406 g/mol. The summed E-state index contributed by atoms with van der Waals surface area (Å²) in [5.41, 5.74) is 12.4. The number of aliphatic hydroxyl groups excluding tert-OH is 1. The maximum atomic E-state index is 13.6. The predicted molar refractivity (Wildman–Crippen MR) is 113 cm³/mol. The Morgan fingerprint density at radius 2 is 1.87 bits per heavy atom. The Labute approximate surface area is 179 Å². The second-order valence-corrected chi connectivity index (χ2v) is 6.64. The van der Waals surface area contributed by atoms with Crippen LogP contribution < -0.4 is 26.8 Å². The monoisotopic (exact) mass is 432 g/mol. The molecule has 9 heteroatoms. The van der Waals surface area contributed by atoms with Crippen molar-refractivity contribution in [1.82, 2.24) is 10.6 Å². The Kier molecular flexibility index (Phi) is 8.83. The third-order valence-electron chi connectivity index (χ3n) is 4.43. The van der Waals surface area contributed by atoms with Crippen molar-refractivity contribution in [3.8, 4) is 5.75 Å². The highest BCUT2D eigenvalue weighted by atomic mass is 19.1. The van der Waals surface area contributed by atoms with Crippen LogP contribution in [-0.4, -0.2) is 24.7 Å². The highest BCUT2D eigenvalue weighted by molar-refractivity contribution is 5.92. The molecule has 7 N–H and O–H groups in total. The summed E-state index contributed by atoms with van der Waals surface area (Å²) >= 11 is 0. The molecule has 0 aliphatic rings. The zero-order valence-electron chi connectivity index (χ0n) is 17.1. The van der Waals surface area contributed by atoms with Crippen LogP contribution in [0.15, 0.2) is 66.1 Å². The number of hydrogen-bond acceptors (Lipinski definition) is 6. The molecule has 1 atom stereocenters. The molecule has 0 saturated carbocycles. The van der Waals surface area contributed by atoms with E-state index in [1.165, 1.54) is 12.2 Å². The standard InChI is InChI=1S/C22H26F2N4O3/c1-31-17-5-2-14(3-6-17)20(10-11-29)28-21(26)9-8-19(25)22(30)27-13-15-12-16(23)4-7-18(15)24/h2-9,12,20,28-29H,10-11,13,25-26H2,1H3,(H,27,30)/b19-8-,21-9+. The number of rotatable bonds is 10. The molecule has 1 unspecified atom stereocenters. The van der Waals surface area contributed by atoms with Crippen LogP contribution in [0.3, 0.4) is 0 Å².